The second-order valence-electron chi connectivity index (χ2n) is 18.4. The number of ether oxygens (including phenoxy) is 3. The minimum atomic E-state index is -0.830. The largest absolute Gasteiger partial charge is 0.462 e. The first kappa shape index (κ1) is 67.3. The number of esters is 3. The predicted molar refractivity (Wildman–Crippen MR) is 311 cm³/mol. The molecule has 0 aromatic rings. The van der Waals surface area contributed by atoms with E-state index < -0.39 is 12.1 Å². The first-order valence-corrected chi connectivity index (χ1v) is 28.8. The highest BCUT2D eigenvalue weighted by Crippen LogP contribution is 2.14. The van der Waals surface area contributed by atoms with Gasteiger partial charge in [0, 0.05) is 19.3 Å². The summed E-state index contributed by atoms with van der Waals surface area (Å²) in [5.41, 5.74) is 0. The van der Waals surface area contributed by atoms with Gasteiger partial charge in [0.1, 0.15) is 13.2 Å². The van der Waals surface area contributed by atoms with E-state index in [1.807, 2.05) is 12.2 Å². The van der Waals surface area contributed by atoms with Crippen LogP contribution in [0.15, 0.2) is 146 Å². The van der Waals surface area contributed by atoms with Crippen molar-refractivity contribution in [3.8, 4) is 0 Å². The lowest BCUT2D eigenvalue weighted by Gasteiger charge is -2.18. The molecule has 6 nitrogen and oxygen atoms in total. The molecule has 0 aliphatic heterocycles. The van der Waals surface area contributed by atoms with Gasteiger partial charge in [0.25, 0.3) is 0 Å². The topological polar surface area (TPSA) is 78.9 Å². The van der Waals surface area contributed by atoms with Crippen LogP contribution in [0.2, 0.25) is 0 Å². The Morgan fingerprint density at radius 1 is 0.292 bits per heavy atom. The third-order valence-corrected chi connectivity index (χ3v) is 11.6. The zero-order valence-corrected chi connectivity index (χ0v) is 46.1. The molecule has 0 saturated heterocycles. The molecule has 0 aliphatic rings. The number of carbonyl (C=O) groups excluding carboxylic acids is 3. The zero-order valence-electron chi connectivity index (χ0n) is 46.1. The van der Waals surface area contributed by atoms with Crippen LogP contribution in [-0.4, -0.2) is 37.2 Å². The van der Waals surface area contributed by atoms with E-state index in [4.69, 9.17) is 14.2 Å². The molecule has 0 aliphatic carbocycles. The van der Waals surface area contributed by atoms with Crippen LogP contribution in [-0.2, 0) is 28.6 Å². The molecule has 0 aromatic heterocycles. The fourth-order valence-corrected chi connectivity index (χ4v) is 7.35. The number of unbranched alkanes of at least 4 members (excludes halogenated alkanes) is 15. The summed E-state index contributed by atoms with van der Waals surface area (Å²) in [5, 5.41) is 0. The summed E-state index contributed by atoms with van der Waals surface area (Å²) in [6.07, 6.45) is 84.3. The van der Waals surface area contributed by atoms with Crippen LogP contribution in [0.5, 0.6) is 0 Å². The van der Waals surface area contributed by atoms with E-state index in [2.05, 4.69) is 154 Å². The molecule has 6 heteroatoms. The van der Waals surface area contributed by atoms with E-state index in [1.54, 1.807) is 0 Å². The normalized spacial score (nSPS) is 13.2. The second kappa shape index (κ2) is 58.9. The third-order valence-electron chi connectivity index (χ3n) is 11.6. The summed E-state index contributed by atoms with van der Waals surface area (Å²) < 4.78 is 16.7. The van der Waals surface area contributed by atoms with E-state index in [1.165, 1.54) is 57.8 Å². The van der Waals surface area contributed by atoms with Gasteiger partial charge in [-0.25, -0.2) is 0 Å². The number of allylic oxidation sites excluding steroid dienone is 24. The molecule has 0 amide bonds. The predicted octanol–water partition coefficient (Wildman–Crippen LogP) is 19.6. The molecule has 0 fully saturated rings. The Kier molecular flexibility index (Phi) is 55.0. The standard InChI is InChI=1S/C66H104O6/c1-4-7-10-13-16-19-22-25-26-27-28-29-30-31-32-33-34-35-36-37-38-39-40-42-44-47-50-53-56-59-65(68)71-62-63(61-70-64(67)58-55-52-49-46-43-24-21-18-15-12-9-6-3)72-66(69)60-57-54-51-48-45-41-23-20-17-14-11-8-5-2/h7-8,10-11,16-17,19-20,25-26,28-29,31-32,34-35,37-38,40-42,45,51,54,63H,4-6,9,12-15,18,21-24,27,30,33,36,39,43-44,46-50,52-53,55-62H2,1-3H3/b10-7-,11-8-,19-16-,20-17-,26-25-,29-28-,32-31-,35-34-,38-37-,42-40-,45-41-,54-51-. The van der Waals surface area contributed by atoms with Gasteiger partial charge in [0.05, 0.1) is 0 Å². The lowest BCUT2D eigenvalue weighted by Crippen LogP contribution is -2.30. The van der Waals surface area contributed by atoms with Crippen molar-refractivity contribution in [2.75, 3.05) is 13.2 Å². The lowest BCUT2D eigenvalue weighted by atomic mass is 10.0. The van der Waals surface area contributed by atoms with Crippen molar-refractivity contribution in [2.24, 2.45) is 0 Å². The molecule has 0 spiro atoms. The van der Waals surface area contributed by atoms with Crippen molar-refractivity contribution in [3.63, 3.8) is 0 Å². The second-order valence-corrected chi connectivity index (χ2v) is 18.4. The Balaban J connectivity index is 4.40. The number of rotatable bonds is 50. The van der Waals surface area contributed by atoms with E-state index in [-0.39, 0.29) is 31.6 Å². The molecule has 0 aromatic carbocycles. The minimum Gasteiger partial charge on any atom is -0.462 e. The summed E-state index contributed by atoms with van der Waals surface area (Å²) >= 11 is 0. The van der Waals surface area contributed by atoms with Crippen molar-refractivity contribution >= 4 is 17.9 Å². The maximum absolute atomic E-state index is 12.8. The van der Waals surface area contributed by atoms with Crippen molar-refractivity contribution in [1.82, 2.24) is 0 Å². The van der Waals surface area contributed by atoms with E-state index in [0.29, 0.717) is 19.3 Å². The molecule has 0 heterocycles. The van der Waals surface area contributed by atoms with Crippen LogP contribution in [0.3, 0.4) is 0 Å². The van der Waals surface area contributed by atoms with E-state index >= 15 is 0 Å². The summed E-state index contributed by atoms with van der Waals surface area (Å²) in [6, 6.07) is 0. The van der Waals surface area contributed by atoms with E-state index in [0.717, 1.165) is 128 Å². The van der Waals surface area contributed by atoms with Crippen LogP contribution in [0, 0.1) is 0 Å². The highest BCUT2D eigenvalue weighted by molar-refractivity contribution is 5.71. The van der Waals surface area contributed by atoms with Gasteiger partial charge in [-0.1, -0.05) is 250 Å². The van der Waals surface area contributed by atoms with Crippen molar-refractivity contribution in [1.29, 1.82) is 0 Å². The van der Waals surface area contributed by atoms with Gasteiger partial charge < -0.3 is 14.2 Å². The molecule has 1 unspecified atom stereocenters. The summed E-state index contributed by atoms with van der Waals surface area (Å²) in [5.74, 6) is -1.03. The maximum Gasteiger partial charge on any atom is 0.306 e. The van der Waals surface area contributed by atoms with Crippen LogP contribution in [0.25, 0.3) is 0 Å². The molecule has 1 atom stereocenters. The van der Waals surface area contributed by atoms with Crippen molar-refractivity contribution < 1.29 is 28.6 Å². The smallest absolute Gasteiger partial charge is 0.306 e. The molecular weight excluding hydrogens is 889 g/mol. The molecule has 0 rings (SSSR count). The number of carbonyl (C=O) groups is 3. The molecule has 0 N–H and O–H groups in total. The summed E-state index contributed by atoms with van der Waals surface area (Å²) in [7, 11) is 0. The van der Waals surface area contributed by atoms with Crippen LogP contribution < -0.4 is 0 Å². The first-order chi connectivity index (χ1) is 35.5. The molecule has 404 valence electrons. The van der Waals surface area contributed by atoms with Gasteiger partial charge in [0.2, 0.25) is 0 Å². The van der Waals surface area contributed by atoms with Gasteiger partial charge in [-0.15, -0.1) is 0 Å². The summed E-state index contributed by atoms with van der Waals surface area (Å²) in [4.78, 5) is 38.0. The highest BCUT2D eigenvalue weighted by atomic mass is 16.6. The maximum atomic E-state index is 12.8. The average Bonchev–Trinajstić information content (AvgIpc) is 3.38. The Hall–Kier alpha value is -4.71. The molecule has 72 heavy (non-hydrogen) atoms. The zero-order chi connectivity index (χ0) is 52.2. The Bertz CT molecular complexity index is 1610. The van der Waals surface area contributed by atoms with Gasteiger partial charge in [-0.3, -0.25) is 14.4 Å². The van der Waals surface area contributed by atoms with E-state index in [9.17, 15) is 14.4 Å². The van der Waals surface area contributed by atoms with Crippen LogP contribution >= 0.6 is 0 Å². The van der Waals surface area contributed by atoms with Gasteiger partial charge in [-0.05, 0) is 109 Å². The van der Waals surface area contributed by atoms with Gasteiger partial charge in [0.15, 0.2) is 6.10 Å². The Labute approximate surface area is 442 Å². The van der Waals surface area contributed by atoms with Crippen molar-refractivity contribution in [2.45, 2.75) is 239 Å². The van der Waals surface area contributed by atoms with Crippen molar-refractivity contribution in [3.05, 3.63) is 146 Å². The molecule has 0 saturated carbocycles. The monoisotopic (exact) mass is 993 g/mol. The quantitative estimate of drug-likeness (QED) is 0.0261. The Morgan fingerprint density at radius 2 is 0.569 bits per heavy atom. The number of hydrogen-bond donors (Lipinski definition) is 0. The van der Waals surface area contributed by atoms with Gasteiger partial charge in [-0.2, -0.15) is 0 Å². The summed E-state index contributed by atoms with van der Waals surface area (Å²) in [6.45, 7) is 6.31. The number of hydrogen-bond acceptors (Lipinski definition) is 6. The fourth-order valence-electron chi connectivity index (χ4n) is 7.35. The molecule has 0 bridgehead atoms. The molecular formula is C66H104O6. The average molecular weight is 994 g/mol. The first-order valence-electron chi connectivity index (χ1n) is 28.8. The lowest BCUT2D eigenvalue weighted by molar-refractivity contribution is -0.166. The highest BCUT2D eigenvalue weighted by Gasteiger charge is 2.19. The van der Waals surface area contributed by atoms with Crippen LogP contribution in [0.4, 0.5) is 0 Å². The van der Waals surface area contributed by atoms with Crippen LogP contribution in [0.1, 0.15) is 233 Å². The SMILES string of the molecule is CC/C=C\C/C=C\C/C=C\C/C=C\C/C=C\C/C=C\C/C=C\C/C=C\CCCCCCC(=O)OCC(COC(=O)CCCCCCCCCCCCCC)OC(=O)CC/C=C\C/C=C\C/C=C\C/C=C\CC. The molecule has 0 radical (unpaired) electrons. The van der Waals surface area contributed by atoms with Gasteiger partial charge >= 0.3 is 17.9 Å². The minimum absolute atomic E-state index is 0.118. The fraction of sp³-hybridized carbons (Fsp3) is 0.591. The third kappa shape index (κ3) is 56.2. The Morgan fingerprint density at radius 3 is 0.903 bits per heavy atom.